The Labute approximate surface area is 85.5 Å². The Morgan fingerprint density at radius 3 is 2.57 bits per heavy atom. The Morgan fingerprint density at radius 1 is 1.29 bits per heavy atom. The van der Waals surface area contributed by atoms with Crippen molar-refractivity contribution in [3.63, 3.8) is 0 Å². The molecule has 3 heteroatoms. The second kappa shape index (κ2) is 4.49. The van der Waals surface area contributed by atoms with Gasteiger partial charge in [0.2, 0.25) is 0 Å². The zero-order valence-corrected chi connectivity index (χ0v) is 8.87. The molecule has 0 atom stereocenters. The highest BCUT2D eigenvalue weighted by Crippen LogP contribution is 2.20. The first kappa shape index (κ1) is 9.56. The first-order chi connectivity index (χ1) is 6.84. The maximum Gasteiger partial charge on any atom is 0.148 e. The second-order valence-corrected chi connectivity index (χ2v) is 4.21. The first-order valence-corrected chi connectivity index (χ1v) is 5.61. The van der Waals surface area contributed by atoms with Crippen LogP contribution >= 0.6 is 0 Å². The molecule has 1 saturated carbocycles. The average Bonchev–Trinajstić information content (AvgIpc) is 2.43. The number of nitrogens with one attached hydrogen (secondary N) is 1. The monoisotopic (exact) mass is 193 g/mol. The molecule has 1 aliphatic rings. The maximum absolute atomic E-state index is 4.34. The molecule has 0 amide bonds. The van der Waals surface area contributed by atoms with E-state index < -0.39 is 0 Å². The molecular formula is C11H19N3. The van der Waals surface area contributed by atoms with Crippen molar-refractivity contribution < 1.29 is 0 Å². The van der Waals surface area contributed by atoms with Crippen LogP contribution in [0.4, 0.5) is 5.82 Å². The smallest absolute Gasteiger partial charge is 0.148 e. The minimum Gasteiger partial charge on any atom is -0.366 e. The lowest BCUT2D eigenvalue weighted by Crippen LogP contribution is -2.18. The second-order valence-electron chi connectivity index (χ2n) is 4.21. The molecule has 1 N–H and O–H groups in total. The number of hydrogen-bond acceptors (Lipinski definition) is 2. The van der Waals surface area contributed by atoms with Crippen LogP contribution in [-0.2, 0) is 7.05 Å². The third-order valence-electron chi connectivity index (χ3n) is 2.92. The van der Waals surface area contributed by atoms with Gasteiger partial charge in [-0.3, -0.25) is 4.68 Å². The Balaban J connectivity index is 1.89. The molecule has 78 valence electrons. The van der Waals surface area contributed by atoms with Gasteiger partial charge in [0.15, 0.2) is 0 Å². The molecule has 2 rings (SSSR count). The molecule has 0 radical (unpaired) electrons. The van der Waals surface area contributed by atoms with Crippen LogP contribution in [-0.4, -0.2) is 15.8 Å². The van der Waals surface area contributed by atoms with E-state index in [1.807, 2.05) is 24.0 Å². The van der Waals surface area contributed by atoms with Crippen molar-refractivity contribution in [2.75, 3.05) is 5.32 Å². The fourth-order valence-electron chi connectivity index (χ4n) is 2.12. The molecule has 3 nitrogen and oxygen atoms in total. The van der Waals surface area contributed by atoms with Gasteiger partial charge in [0.05, 0.1) is 0 Å². The van der Waals surface area contributed by atoms with Crippen LogP contribution in [0.15, 0.2) is 12.3 Å². The van der Waals surface area contributed by atoms with Crippen LogP contribution in [0.25, 0.3) is 0 Å². The molecule has 0 aromatic carbocycles. The van der Waals surface area contributed by atoms with Crippen molar-refractivity contribution in [2.45, 2.75) is 44.6 Å². The molecule has 1 fully saturated rings. The highest BCUT2D eigenvalue weighted by molar-refractivity contribution is 5.33. The minimum atomic E-state index is 0.646. The number of hydrogen-bond donors (Lipinski definition) is 1. The van der Waals surface area contributed by atoms with Gasteiger partial charge in [-0.15, -0.1) is 0 Å². The molecular weight excluding hydrogens is 174 g/mol. The van der Waals surface area contributed by atoms with E-state index in [0.29, 0.717) is 6.04 Å². The highest BCUT2D eigenvalue weighted by Gasteiger charge is 2.12. The molecule has 1 aromatic rings. The molecule has 1 aliphatic carbocycles. The van der Waals surface area contributed by atoms with Crippen LogP contribution in [0.1, 0.15) is 38.5 Å². The summed E-state index contributed by atoms with van der Waals surface area (Å²) in [6.07, 6.45) is 10.1. The summed E-state index contributed by atoms with van der Waals surface area (Å²) >= 11 is 0. The summed E-state index contributed by atoms with van der Waals surface area (Å²) < 4.78 is 1.85. The van der Waals surface area contributed by atoms with Crippen molar-refractivity contribution in [1.82, 2.24) is 9.78 Å². The Bertz CT molecular complexity index is 272. The number of nitrogens with zero attached hydrogens (tertiary/aromatic N) is 2. The number of rotatable bonds is 2. The highest BCUT2D eigenvalue weighted by atomic mass is 15.3. The van der Waals surface area contributed by atoms with Crippen LogP contribution in [0.2, 0.25) is 0 Å². The van der Waals surface area contributed by atoms with Gasteiger partial charge in [0.25, 0.3) is 0 Å². The van der Waals surface area contributed by atoms with Crippen molar-refractivity contribution >= 4 is 5.82 Å². The topological polar surface area (TPSA) is 29.9 Å². The van der Waals surface area contributed by atoms with Gasteiger partial charge in [0.1, 0.15) is 5.82 Å². The van der Waals surface area contributed by atoms with Crippen LogP contribution in [0.3, 0.4) is 0 Å². The Hall–Kier alpha value is -0.990. The Morgan fingerprint density at radius 2 is 2.00 bits per heavy atom. The summed E-state index contributed by atoms with van der Waals surface area (Å²) in [6, 6.07) is 2.69. The summed E-state index contributed by atoms with van der Waals surface area (Å²) in [6.45, 7) is 0. The lowest BCUT2D eigenvalue weighted by molar-refractivity contribution is 0.615. The quantitative estimate of drug-likeness (QED) is 0.731. The zero-order chi connectivity index (χ0) is 9.80. The van der Waals surface area contributed by atoms with Gasteiger partial charge in [-0.2, -0.15) is 5.10 Å². The lowest BCUT2D eigenvalue weighted by atomic mass is 10.1. The molecule has 0 spiro atoms. The number of aromatic nitrogens is 2. The summed E-state index contributed by atoms with van der Waals surface area (Å²) in [5.41, 5.74) is 0. The summed E-state index contributed by atoms with van der Waals surface area (Å²) in [5, 5.41) is 7.85. The van der Waals surface area contributed by atoms with Crippen molar-refractivity contribution in [1.29, 1.82) is 0 Å². The fourth-order valence-corrected chi connectivity index (χ4v) is 2.12. The minimum absolute atomic E-state index is 0.646. The van der Waals surface area contributed by atoms with Gasteiger partial charge in [0, 0.05) is 25.4 Å². The van der Waals surface area contributed by atoms with Crippen LogP contribution < -0.4 is 5.32 Å². The van der Waals surface area contributed by atoms with Crippen molar-refractivity contribution in [3.8, 4) is 0 Å². The maximum atomic E-state index is 4.34. The Kier molecular flexibility index (Phi) is 3.07. The standard InChI is InChI=1S/C11H19N3/c1-14-9-8-11(13-14)12-10-6-4-2-3-5-7-10/h8-10H,2-7H2,1H3,(H,12,13). The van der Waals surface area contributed by atoms with E-state index in [4.69, 9.17) is 0 Å². The van der Waals surface area contributed by atoms with Crippen LogP contribution in [0, 0.1) is 0 Å². The normalized spacial score (nSPS) is 19.2. The van der Waals surface area contributed by atoms with Gasteiger partial charge in [-0.05, 0) is 12.8 Å². The third kappa shape index (κ3) is 2.50. The lowest BCUT2D eigenvalue weighted by Gasteiger charge is -2.15. The van der Waals surface area contributed by atoms with E-state index in [9.17, 15) is 0 Å². The fraction of sp³-hybridized carbons (Fsp3) is 0.727. The molecule has 0 unspecified atom stereocenters. The SMILES string of the molecule is Cn1ccc(NC2CCCCCC2)n1. The molecule has 1 heterocycles. The van der Waals surface area contributed by atoms with Gasteiger partial charge < -0.3 is 5.32 Å². The van der Waals surface area contributed by atoms with E-state index in [-0.39, 0.29) is 0 Å². The third-order valence-corrected chi connectivity index (χ3v) is 2.92. The van der Waals surface area contributed by atoms with E-state index >= 15 is 0 Å². The molecule has 0 saturated heterocycles. The molecule has 1 aromatic heterocycles. The van der Waals surface area contributed by atoms with E-state index in [1.54, 1.807) is 0 Å². The van der Waals surface area contributed by atoms with Gasteiger partial charge in [-0.25, -0.2) is 0 Å². The summed E-state index contributed by atoms with van der Waals surface area (Å²) in [4.78, 5) is 0. The van der Waals surface area contributed by atoms with Crippen molar-refractivity contribution in [2.24, 2.45) is 7.05 Å². The largest absolute Gasteiger partial charge is 0.366 e. The molecule has 0 aliphatic heterocycles. The zero-order valence-electron chi connectivity index (χ0n) is 8.87. The van der Waals surface area contributed by atoms with Gasteiger partial charge in [-0.1, -0.05) is 25.7 Å². The van der Waals surface area contributed by atoms with E-state index in [2.05, 4.69) is 10.4 Å². The van der Waals surface area contributed by atoms with E-state index in [0.717, 1.165) is 5.82 Å². The number of aryl methyl sites for hydroxylation is 1. The molecule has 0 bridgehead atoms. The molecule has 14 heavy (non-hydrogen) atoms. The van der Waals surface area contributed by atoms with Crippen LogP contribution in [0.5, 0.6) is 0 Å². The number of anilines is 1. The summed E-state index contributed by atoms with van der Waals surface area (Å²) in [5.74, 6) is 1.03. The summed E-state index contributed by atoms with van der Waals surface area (Å²) in [7, 11) is 1.96. The average molecular weight is 193 g/mol. The van der Waals surface area contributed by atoms with Gasteiger partial charge >= 0.3 is 0 Å². The van der Waals surface area contributed by atoms with E-state index in [1.165, 1.54) is 38.5 Å². The van der Waals surface area contributed by atoms with Crippen molar-refractivity contribution in [3.05, 3.63) is 12.3 Å². The first-order valence-electron chi connectivity index (χ1n) is 5.61. The predicted molar refractivity (Wildman–Crippen MR) is 58.3 cm³/mol. The predicted octanol–water partition coefficient (Wildman–Crippen LogP) is 2.55.